The van der Waals surface area contributed by atoms with Gasteiger partial charge in [0, 0.05) is 14.1 Å². The average molecular weight is 226 g/mol. The highest BCUT2D eigenvalue weighted by atomic mass is 16.2. The molecule has 0 bridgehead atoms. The Balaban J connectivity index is 4.20. The van der Waals surface area contributed by atoms with Gasteiger partial charge in [-0.05, 0) is 6.92 Å². The molecule has 7 nitrogen and oxygen atoms in total. The van der Waals surface area contributed by atoms with E-state index in [0.717, 1.165) is 0 Å². The van der Waals surface area contributed by atoms with E-state index in [9.17, 15) is 14.4 Å². The molecular weight excluding hydrogens is 212 g/mol. The molecule has 0 fully saturated rings. The Labute approximate surface area is 93.4 Å². The predicted octanol–water partition coefficient (Wildman–Crippen LogP) is -1.78. The molecule has 0 aliphatic heterocycles. The van der Waals surface area contributed by atoms with Crippen LogP contribution in [0.2, 0.25) is 0 Å². The highest BCUT2D eigenvalue weighted by molar-refractivity contribution is 6.35. The zero-order valence-electron chi connectivity index (χ0n) is 9.40. The van der Waals surface area contributed by atoms with Gasteiger partial charge >= 0.3 is 11.8 Å². The second kappa shape index (κ2) is 6.40. The lowest BCUT2D eigenvalue weighted by Gasteiger charge is -2.17. The van der Waals surface area contributed by atoms with Crippen molar-refractivity contribution in [2.75, 3.05) is 20.6 Å². The molecular formula is C9H14N4O3. The number of carbonyl (C=O) groups excluding carboxylic acids is 3. The Morgan fingerprint density at radius 3 is 2.31 bits per heavy atom. The van der Waals surface area contributed by atoms with E-state index in [-0.39, 0.29) is 12.5 Å². The highest BCUT2D eigenvalue weighted by Gasteiger charge is 2.20. The number of likely N-dealkylation sites (N-methyl/N-ethyl adjacent to an activating group) is 1. The molecule has 0 heterocycles. The quantitative estimate of drug-likeness (QED) is 0.438. The van der Waals surface area contributed by atoms with Gasteiger partial charge in [0.15, 0.2) is 0 Å². The molecule has 0 rings (SSSR count). The van der Waals surface area contributed by atoms with Crippen LogP contribution in [-0.2, 0) is 14.4 Å². The van der Waals surface area contributed by atoms with Gasteiger partial charge in [-0.15, -0.1) is 0 Å². The molecule has 2 N–H and O–H groups in total. The van der Waals surface area contributed by atoms with Gasteiger partial charge in [-0.2, -0.15) is 5.26 Å². The van der Waals surface area contributed by atoms with Gasteiger partial charge in [-0.3, -0.25) is 14.4 Å². The van der Waals surface area contributed by atoms with Gasteiger partial charge in [0.25, 0.3) is 0 Å². The minimum Gasteiger partial charge on any atom is -0.347 e. The van der Waals surface area contributed by atoms with Crippen LogP contribution >= 0.6 is 0 Å². The molecule has 0 saturated heterocycles. The van der Waals surface area contributed by atoms with Gasteiger partial charge in [0.1, 0.15) is 12.6 Å². The molecule has 0 aromatic carbocycles. The molecule has 16 heavy (non-hydrogen) atoms. The third-order valence-electron chi connectivity index (χ3n) is 1.69. The molecule has 0 aliphatic carbocycles. The van der Waals surface area contributed by atoms with Crippen LogP contribution < -0.4 is 10.6 Å². The average Bonchev–Trinajstić information content (AvgIpc) is 2.24. The van der Waals surface area contributed by atoms with Crippen LogP contribution in [0.5, 0.6) is 0 Å². The lowest BCUT2D eigenvalue weighted by molar-refractivity contribution is -0.141. The van der Waals surface area contributed by atoms with Crippen molar-refractivity contribution in [2.45, 2.75) is 13.0 Å². The normalized spacial score (nSPS) is 10.9. The maximum Gasteiger partial charge on any atom is 0.310 e. The number of rotatable bonds is 3. The third kappa shape index (κ3) is 4.41. The first-order valence-electron chi connectivity index (χ1n) is 4.57. The van der Waals surface area contributed by atoms with Crippen molar-refractivity contribution in [3.63, 3.8) is 0 Å². The number of carbonyl (C=O) groups is 3. The second-order valence-electron chi connectivity index (χ2n) is 3.27. The maximum atomic E-state index is 11.3. The van der Waals surface area contributed by atoms with Gasteiger partial charge in [-0.1, -0.05) is 0 Å². The van der Waals surface area contributed by atoms with E-state index in [0.29, 0.717) is 0 Å². The molecule has 0 spiro atoms. The van der Waals surface area contributed by atoms with Crippen molar-refractivity contribution in [3.8, 4) is 6.07 Å². The molecule has 0 aliphatic rings. The summed E-state index contributed by atoms with van der Waals surface area (Å²) in [5.74, 6) is -2.18. The largest absolute Gasteiger partial charge is 0.347 e. The van der Waals surface area contributed by atoms with Crippen molar-refractivity contribution in [2.24, 2.45) is 0 Å². The molecule has 1 atom stereocenters. The van der Waals surface area contributed by atoms with E-state index >= 15 is 0 Å². The Kier molecular flexibility index (Phi) is 5.56. The van der Waals surface area contributed by atoms with Crippen LogP contribution in [0.3, 0.4) is 0 Å². The molecule has 0 aromatic heterocycles. The first kappa shape index (κ1) is 13.9. The smallest absolute Gasteiger partial charge is 0.310 e. The van der Waals surface area contributed by atoms with Crippen LogP contribution in [0.25, 0.3) is 0 Å². The fraction of sp³-hybridized carbons (Fsp3) is 0.556. The van der Waals surface area contributed by atoms with Crippen LogP contribution in [0.4, 0.5) is 0 Å². The molecule has 1 unspecified atom stereocenters. The fourth-order valence-corrected chi connectivity index (χ4v) is 0.911. The summed E-state index contributed by atoms with van der Waals surface area (Å²) in [5, 5.41) is 12.5. The minimum atomic E-state index is -0.932. The van der Waals surface area contributed by atoms with Crippen molar-refractivity contribution in [1.29, 1.82) is 5.26 Å². The number of nitrogens with one attached hydrogen (secondary N) is 2. The molecule has 0 aromatic rings. The number of hydrogen-bond acceptors (Lipinski definition) is 4. The molecule has 7 heteroatoms. The monoisotopic (exact) mass is 226 g/mol. The summed E-state index contributed by atoms with van der Waals surface area (Å²) in [4.78, 5) is 34.9. The predicted molar refractivity (Wildman–Crippen MR) is 54.9 cm³/mol. The summed E-state index contributed by atoms with van der Waals surface area (Å²) in [6.07, 6.45) is 0. The van der Waals surface area contributed by atoms with E-state index in [1.54, 1.807) is 20.2 Å². The summed E-state index contributed by atoms with van der Waals surface area (Å²) >= 11 is 0. The van der Waals surface area contributed by atoms with E-state index in [4.69, 9.17) is 5.26 Å². The number of nitrogens with zero attached hydrogens (tertiary/aromatic N) is 2. The summed E-state index contributed by atoms with van der Waals surface area (Å²) in [6.45, 7) is 1.22. The van der Waals surface area contributed by atoms with Crippen molar-refractivity contribution < 1.29 is 14.4 Å². The van der Waals surface area contributed by atoms with Gasteiger partial charge in [-0.25, -0.2) is 0 Å². The maximum absolute atomic E-state index is 11.3. The highest BCUT2D eigenvalue weighted by Crippen LogP contribution is 1.88. The van der Waals surface area contributed by atoms with Crippen LogP contribution in [-0.4, -0.2) is 49.3 Å². The van der Waals surface area contributed by atoms with Crippen LogP contribution in [0, 0.1) is 11.3 Å². The SMILES string of the molecule is CC(NC(=O)C(=O)NCC#N)C(=O)N(C)C. The van der Waals surface area contributed by atoms with E-state index in [1.165, 1.54) is 11.8 Å². The summed E-state index contributed by atoms with van der Waals surface area (Å²) in [6, 6.07) is 0.879. The number of hydrogen-bond donors (Lipinski definition) is 2. The zero-order valence-corrected chi connectivity index (χ0v) is 9.40. The molecule has 0 radical (unpaired) electrons. The van der Waals surface area contributed by atoms with Crippen LogP contribution in [0.15, 0.2) is 0 Å². The number of amides is 3. The summed E-state index contributed by atoms with van der Waals surface area (Å²) in [7, 11) is 3.08. The van der Waals surface area contributed by atoms with Crippen molar-refractivity contribution in [1.82, 2.24) is 15.5 Å². The van der Waals surface area contributed by atoms with Gasteiger partial charge < -0.3 is 15.5 Å². The first-order chi connectivity index (χ1) is 7.40. The standard InChI is InChI=1S/C9H14N4O3/c1-6(9(16)13(2)3)12-8(15)7(14)11-5-4-10/h6H,5H2,1-3H3,(H,11,14)(H,12,15). The second-order valence-corrected chi connectivity index (χ2v) is 3.27. The first-order valence-corrected chi connectivity index (χ1v) is 4.57. The summed E-state index contributed by atoms with van der Waals surface area (Å²) < 4.78 is 0. The fourth-order valence-electron chi connectivity index (χ4n) is 0.911. The van der Waals surface area contributed by atoms with Crippen molar-refractivity contribution in [3.05, 3.63) is 0 Å². The zero-order chi connectivity index (χ0) is 12.7. The van der Waals surface area contributed by atoms with E-state index in [2.05, 4.69) is 10.6 Å². The lowest BCUT2D eigenvalue weighted by Crippen LogP contribution is -2.49. The third-order valence-corrected chi connectivity index (χ3v) is 1.69. The van der Waals surface area contributed by atoms with E-state index in [1.807, 2.05) is 0 Å². The molecule has 88 valence electrons. The Morgan fingerprint density at radius 2 is 1.88 bits per heavy atom. The Hall–Kier alpha value is -2.10. The van der Waals surface area contributed by atoms with Crippen molar-refractivity contribution >= 4 is 17.7 Å². The van der Waals surface area contributed by atoms with Gasteiger partial charge in [0.05, 0.1) is 6.07 Å². The number of nitriles is 1. The molecule has 3 amide bonds. The summed E-state index contributed by atoms with van der Waals surface area (Å²) in [5.41, 5.74) is 0. The Bertz CT molecular complexity index is 332. The van der Waals surface area contributed by atoms with E-state index < -0.39 is 17.9 Å². The molecule has 0 saturated carbocycles. The minimum absolute atomic E-state index is 0.248. The lowest BCUT2D eigenvalue weighted by atomic mass is 10.3. The van der Waals surface area contributed by atoms with Crippen LogP contribution in [0.1, 0.15) is 6.92 Å². The topological polar surface area (TPSA) is 102 Å². The Morgan fingerprint density at radius 1 is 1.31 bits per heavy atom. The van der Waals surface area contributed by atoms with Gasteiger partial charge in [0.2, 0.25) is 5.91 Å².